The molecule has 6 nitrogen and oxygen atoms in total. The lowest BCUT2D eigenvalue weighted by molar-refractivity contribution is 0.0597. The highest BCUT2D eigenvalue weighted by Gasteiger charge is 2.50. The first-order chi connectivity index (χ1) is 11.7. The molecule has 0 aliphatic carbocycles. The number of halogens is 1. The van der Waals surface area contributed by atoms with Crippen molar-refractivity contribution in [2.24, 2.45) is 0 Å². The highest BCUT2D eigenvalue weighted by atomic mass is 35.5. The average Bonchev–Trinajstić information content (AvgIpc) is 2.55. The number of hydrogen-bond donors (Lipinski definition) is 1. The van der Waals surface area contributed by atoms with Crippen LogP contribution in [0.5, 0.6) is 5.75 Å². The third-order valence-electron chi connectivity index (χ3n) is 5.03. The Balaban J connectivity index is 2.03. The third-order valence-corrected chi connectivity index (χ3v) is 5.33. The predicted octanol–water partition coefficient (Wildman–Crippen LogP) is 2.84. The molecule has 25 heavy (non-hydrogen) atoms. The molecular formula is C18H17ClN2O4. The van der Waals surface area contributed by atoms with Crippen LogP contribution in [0.3, 0.4) is 0 Å². The minimum Gasteiger partial charge on any atom is -0.506 e. The number of ether oxygens (including phenoxy) is 1. The number of phenols is 1. The molecule has 7 heteroatoms. The fourth-order valence-electron chi connectivity index (χ4n) is 3.89. The molecule has 0 spiro atoms. The van der Waals surface area contributed by atoms with Gasteiger partial charge in [0.1, 0.15) is 11.3 Å². The second-order valence-electron chi connectivity index (χ2n) is 7.04. The Bertz CT molecular complexity index is 980. The lowest BCUT2D eigenvalue weighted by atomic mass is 9.76. The van der Waals surface area contributed by atoms with Gasteiger partial charge in [-0.1, -0.05) is 11.6 Å². The molecule has 0 bridgehead atoms. The zero-order chi connectivity index (χ0) is 18.1. The Morgan fingerprint density at radius 1 is 1.36 bits per heavy atom. The summed E-state index contributed by atoms with van der Waals surface area (Å²) >= 11 is 6.09. The van der Waals surface area contributed by atoms with Gasteiger partial charge in [0.25, 0.3) is 0 Å². The summed E-state index contributed by atoms with van der Waals surface area (Å²) in [5.74, 6) is -0.642. The molecule has 130 valence electrons. The van der Waals surface area contributed by atoms with Crippen molar-refractivity contribution in [3.8, 4) is 17.0 Å². The number of fused-ring (bicyclic) bond motifs is 6. The van der Waals surface area contributed by atoms with Gasteiger partial charge in [-0.25, -0.2) is 4.79 Å². The number of rotatable bonds is 1. The van der Waals surface area contributed by atoms with E-state index in [0.717, 1.165) is 17.5 Å². The van der Waals surface area contributed by atoms with Crippen molar-refractivity contribution in [2.45, 2.75) is 31.8 Å². The van der Waals surface area contributed by atoms with E-state index in [4.69, 9.17) is 16.3 Å². The molecule has 2 aliphatic heterocycles. The molecule has 4 rings (SSSR count). The summed E-state index contributed by atoms with van der Waals surface area (Å²) < 4.78 is 6.55. The Hall–Kier alpha value is -2.47. The van der Waals surface area contributed by atoms with Gasteiger partial charge in [0.2, 0.25) is 0 Å². The maximum atomic E-state index is 12.4. The Kier molecular flexibility index (Phi) is 3.22. The Morgan fingerprint density at radius 3 is 2.72 bits per heavy atom. The predicted molar refractivity (Wildman–Crippen MR) is 93.8 cm³/mol. The van der Waals surface area contributed by atoms with Gasteiger partial charge in [0.15, 0.2) is 5.43 Å². The van der Waals surface area contributed by atoms with E-state index in [9.17, 15) is 14.7 Å². The minimum absolute atomic E-state index is 0.0129. The number of phenolic OH excluding ortho intramolecular Hbond substituents is 1. The van der Waals surface area contributed by atoms with E-state index in [2.05, 4.69) is 18.9 Å². The van der Waals surface area contributed by atoms with E-state index in [0.29, 0.717) is 5.69 Å². The van der Waals surface area contributed by atoms with Gasteiger partial charge in [-0.15, -0.1) is 0 Å². The molecule has 0 saturated carbocycles. The maximum absolute atomic E-state index is 12.4. The summed E-state index contributed by atoms with van der Waals surface area (Å²) in [5, 5.41) is 12.3. The van der Waals surface area contributed by atoms with Crippen molar-refractivity contribution in [3.63, 3.8) is 0 Å². The summed E-state index contributed by atoms with van der Waals surface area (Å²) in [7, 11) is 1.25. The van der Waals surface area contributed by atoms with E-state index in [1.807, 2.05) is 4.68 Å². The fourth-order valence-corrected chi connectivity index (χ4v) is 4.05. The average molecular weight is 361 g/mol. The Morgan fingerprint density at radius 2 is 2.08 bits per heavy atom. The number of nitrogens with zero attached hydrogens (tertiary/aromatic N) is 2. The van der Waals surface area contributed by atoms with E-state index in [1.165, 1.54) is 19.4 Å². The van der Waals surface area contributed by atoms with Gasteiger partial charge < -0.3 is 9.84 Å². The second-order valence-corrected chi connectivity index (χ2v) is 7.45. The second kappa shape index (κ2) is 5.02. The van der Waals surface area contributed by atoms with Crippen LogP contribution in [-0.2, 0) is 4.74 Å². The molecule has 1 atom stereocenters. The Labute approximate surface area is 149 Å². The van der Waals surface area contributed by atoms with E-state index in [-0.39, 0.29) is 27.9 Å². The van der Waals surface area contributed by atoms with Gasteiger partial charge in [0, 0.05) is 17.8 Å². The van der Waals surface area contributed by atoms with Crippen LogP contribution in [0.1, 0.15) is 42.2 Å². The standard InChI is InChI=1S/C18H17ClN2O4/c1-18(2)7-14-10-5-16(23)12(19)4-9(10)13-6-15(22)11(17(24)25-3)8-20(13)21(14)18/h4-6,8,14,23H,7H2,1-3H3. The SMILES string of the molecule is COC(=O)c1cn2c(cc1=O)-c1cc(Cl)c(O)cc1C1CC(C)(C)N12. The molecule has 2 aliphatic rings. The largest absolute Gasteiger partial charge is 0.506 e. The monoisotopic (exact) mass is 360 g/mol. The van der Waals surface area contributed by atoms with Crippen LogP contribution in [0.2, 0.25) is 5.02 Å². The van der Waals surface area contributed by atoms with E-state index in [1.54, 1.807) is 12.1 Å². The van der Waals surface area contributed by atoms with Crippen LogP contribution in [0.25, 0.3) is 11.3 Å². The first-order valence-corrected chi connectivity index (χ1v) is 8.30. The van der Waals surface area contributed by atoms with Crippen LogP contribution in [-0.4, -0.2) is 28.4 Å². The lowest BCUT2D eigenvalue weighted by Crippen LogP contribution is -2.65. The molecule has 1 saturated heterocycles. The molecule has 1 unspecified atom stereocenters. The minimum atomic E-state index is -0.662. The first-order valence-electron chi connectivity index (χ1n) is 7.92. The first kappa shape index (κ1) is 16.0. The van der Waals surface area contributed by atoms with Crippen LogP contribution >= 0.6 is 11.6 Å². The number of esters is 1. The van der Waals surface area contributed by atoms with Crippen LogP contribution in [0, 0.1) is 0 Å². The summed E-state index contributed by atoms with van der Waals surface area (Å²) in [6, 6.07) is 4.78. The number of pyridine rings is 1. The van der Waals surface area contributed by atoms with Gasteiger partial charge in [-0.05, 0) is 38.0 Å². The van der Waals surface area contributed by atoms with Crippen molar-refractivity contribution >= 4 is 17.6 Å². The molecule has 0 radical (unpaired) electrons. The smallest absolute Gasteiger partial charge is 0.343 e. The van der Waals surface area contributed by atoms with Crippen LogP contribution < -0.4 is 10.4 Å². The number of carbonyl (C=O) groups is 1. The summed E-state index contributed by atoms with van der Waals surface area (Å²) in [4.78, 5) is 24.3. The number of hydrogen-bond acceptors (Lipinski definition) is 5. The molecule has 1 aromatic heterocycles. The highest BCUT2D eigenvalue weighted by Crippen LogP contribution is 2.52. The molecule has 1 N–H and O–H groups in total. The maximum Gasteiger partial charge on any atom is 0.343 e. The zero-order valence-electron chi connectivity index (χ0n) is 14.0. The molecule has 3 heterocycles. The molecule has 1 aromatic carbocycles. The van der Waals surface area contributed by atoms with Gasteiger partial charge in [-0.3, -0.25) is 14.5 Å². The van der Waals surface area contributed by atoms with Crippen molar-refractivity contribution in [3.05, 3.63) is 50.8 Å². The highest BCUT2D eigenvalue weighted by molar-refractivity contribution is 6.32. The lowest BCUT2D eigenvalue weighted by Gasteiger charge is -2.60. The number of carbonyl (C=O) groups excluding carboxylic acids is 1. The molecule has 0 amide bonds. The summed E-state index contributed by atoms with van der Waals surface area (Å²) in [5.41, 5.74) is 1.76. The number of aromatic hydroxyl groups is 1. The summed E-state index contributed by atoms with van der Waals surface area (Å²) in [6.07, 6.45) is 2.40. The quantitative estimate of drug-likeness (QED) is 0.792. The van der Waals surface area contributed by atoms with Crippen LogP contribution in [0.15, 0.2) is 29.2 Å². The summed E-state index contributed by atoms with van der Waals surface area (Å²) in [6.45, 7) is 4.17. The van der Waals surface area contributed by atoms with E-state index >= 15 is 0 Å². The molecular weight excluding hydrogens is 344 g/mol. The van der Waals surface area contributed by atoms with Gasteiger partial charge >= 0.3 is 5.97 Å². The number of benzene rings is 1. The number of methoxy groups -OCH3 is 1. The molecule has 1 fully saturated rings. The van der Waals surface area contributed by atoms with Gasteiger partial charge in [-0.2, -0.15) is 0 Å². The normalized spacial score (nSPS) is 19.4. The number of aromatic nitrogens is 1. The van der Waals surface area contributed by atoms with Crippen molar-refractivity contribution in [1.82, 2.24) is 4.68 Å². The zero-order valence-corrected chi connectivity index (χ0v) is 14.8. The van der Waals surface area contributed by atoms with Crippen LogP contribution in [0.4, 0.5) is 0 Å². The van der Waals surface area contributed by atoms with Gasteiger partial charge in [0.05, 0.1) is 29.4 Å². The fraction of sp³-hybridized carbons (Fsp3) is 0.333. The van der Waals surface area contributed by atoms with Crippen molar-refractivity contribution in [1.29, 1.82) is 0 Å². The van der Waals surface area contributed by atoms with Crippen molar-refractivity contribution < 1.29 is 14.6 Å². The topological polar surface area (TPSA) is 71.8 Å². The third kappa shape index (κ3) is 2.10. The van der Waals surface area contributed by atoms with E-state index < -0.39 is 11.4 Å². The molecule has 2 aromatic rings. The van der Waals surface area contributed by atoms with Crippen molar-refractivity contribution in [2.75, 3.05) is 12.1 Å².